The van der Waals surface area contributed by atoms with E-state index >= 15 is 0 Å². The van der Waals surface area contributed by atoms with E-state index in [2.05, 4.69) is 0 Å². The van der Waals surface area contributed by atoms with Crippen molar-refractivity contribution in [2.45, 2.75) is 83.1 Å². The zero-order valence-electron chi connectivity index (χ0n) is 22.6. The van der Waals surface area contributed by atoms with Crippen LogP contribution >= 0.6 is 0 Å². The summed E-state index contributed by atoms with van der Waals surface area (Å²) in [6.07, 6.45) is -5.74. The number of ketones is 2. The Balaban J connectivity index is 1.82. The Hall–Kier alpha value is -2.92. The molecule has 3 aliphatic carbocycles. The second kappa shape index (κ2) is 8.79. The van der Waals surface area contributed by atoms with Gasteiger partial charge < -0.3 is 29.5 Å². The van der Waals surface area contributed by atoms with Gasteiger partial charge >= 0.3 is 11.9 Å². The number of aliphatic hydroxyl groups is 3. The molecule has 0 amide bonds. The fraction of sp³-hybridized carbons (Fsp3) is 0.586. The minimum absolute atomic E-state index is 0.0881. The summed E-state index contributed by atoms with van der Waals surface area (Å²) in [7, 11) is 0. The first-order valence-corrected chi connectivity index (χ1v) is 13.1. The molecule has 8 unspecified atom stereocenters. The lowest BCUT2D eigenvalue weighted by atomic mass is 9.45. The Kier molecular flexibility index (Phi) is 6.23. The number of fused-ring (bicyclic) bond motifs is 5. The molecule has 1 aromatic carbocycles. The Morgan fingerprint density at radius 1 is 1.08 bits per heavy atom. The zero-order valence-corrected chi connectivity index (χ0v) is 22.6. The van der Waals surface area contributed by atoms with Crippen LogP contribution in [0, 0.1) is 16.7 Å². The Bertz CT molecular complexity index is 1280. The smallest absolute Gasteiger partial charge is 0.338 e. The lowest BCUT2D eigenvalue weighted by Gasteiger charge is -2.66. The molecule has 1 aromatic rings. The number of hydrogen-bond donors (Lipinski definition) is 3. The predicted molar refractivity (Wildman–Crippen MR) is 134 cm³/mol. The molecule has 10 nitrogen and oxygen atoms in total. The molecule has 3 N–H and O–H groups in total. The maximum absolute atomic E-state index is 14.2. The molecule has 0 spiro atoms. The van der Waals surface area contributed by atoms with Gasteiger partial charge in [-0.3, -0.25) is 14.4 Å². The molecule has 1 saturated heterocycles. The summed E-state index contributed by atoms with van der Waals surface area (Å²) in [5.41, 5.74) is -6.86. The maximum Gasteiger partial charge on any atom is 0.338 e. The molecule has 2 bridgehead atoms. The molecule has 1 heterocycles. The van der Waals surface area contributed by atoms with Gasteiger partial charge in [0.25, 0.3) is 0 Å². The summed E-state index contributed by atoms with van der Waals surface area (Å²) in [6, 6.07) is 8.02. The van der Waals surface area contributed by atoms with Crippen LogP contribution in [0.3, 0.4) is 0 Å². The standard InChI is InChI=1S/C29H34O10/c1-14-17(31)12-29(36)24(38-25(35)16-9-7-6-8-10-16)22-27(5,23(34)21(33)20(14)26(29,3)4)18(32)11-19-28(22,13-37-19)39-15(2)30/h6-10,17-19,22,24,31-32,36H,11-13H2,1-5H3. The maximum atomic E-state index is 14.2. The molecule has 8 atom stereocenters. The van der Waals surface area contributed by atoms with Crippen LogP contribution in [-0.4, -0.2) is 81.0 Å². The van der Waals surface area contributed by atoms with E-state index in [9.17, 15) is 34.5 Å². The van der Waals surface area contributed by atoms with Crippen LogP contribution in [0.5, 0.6) is 0 Å². The average Bonchev–Trinajstić information content (AvgIpc) is 2.87. The number of ether oxygens (including phenoxy) is 3. The monoisotopic (exact) mass is 542 g/mol. The first-order chi connectivity index (χ1) is 18.1. The summed E-state index contributed by atoms with van der Waals surface area (Å²) in [5.74, 6) is -4.86. The highest BCUT2D eigenvalue weighted by atomic mass is 16.6. The van der Waals surface area contributed by atoms with Crippen LogP contribution in [0.15, 0.2) is 41.5 Å². The van der Waals surface area contributed by atoms with Crippen molar-refractivity contribution in [1.82, 2.24) is 0 Å². The Labute approximate surface area is 225 Å². The lowest BCUT2D eigenvalue weighted by Crippen LogP contribution is -2.81. The van der Waals surface area contributed by atoms with E-state index in [4.69, 9.17) is 14.2 Å². The molecule has 4 aliphatic rings. The van der Waals surface area contributed by atoms with Crippen molar-refractivity contribution in [2.24, 2.45) is 16.7 Å². The molecule has 39 heavy (non-hydrogen) atoms. The van der Waals surface area contributed by atoms with Crippen molar-refractivity contribution in [2.75, 3.05) is 6.61 Å². The molecule has 3 fully saturated rings. The quantitative estimate of drug-likeness (QED) is 0.376. The first kappa shape index (κ1) is 27.6. The number of esters is 2. The normalized spacial score (nSPS) is 40.9. The summed E-state index contributed by atoms with van der Waals surface area (Å²) < 4.78 is 17.6. The summed E-state index contributed by atoms with van der Waals surface area (Å²) in [6.45, 7) is 7.00. The second-order valence-electron chi connectivity index (χ2n) is 12.0. The number of rotatable bonds is 3. The number of hydrogen-bond acceptors (Lipinski definition) is 10. The Morgan fingerprint density at radius 3 is 2.28 bits per heavy atom. The van der Waals surface area contributed by atoms with Crippen LogP contribution in [0.1, 0.15) is 57.8 Å². The minimum Gasteiger partial charge on any atom is -0.455 e. The van der Waals surface area contributed by atoms with E-state index in [1.54, 1.807) is 32.0 Å². The van der Waals surface area contributed by atoms with Crippen molar-refractivity contribution >= 4 is 23.5 Å². The number of Topliss-reactive ketones (excluding diaryl/α,β-unsaturated/α-hetero) is 2. The van der Waals surface area contributed by atoms with Crippen molar-refractivity contribution in [1.29, 1.82) is 0 Å². The fourth-order valence-corrected chi connectivity index (χ4v) is 7.45. The minimum atomic E-state index is -2.13. The number of aliphatic hydroxyl groups excluding tert-OH is 2. The highest BCUT2D eigenvalue weighted by Crippen LogP contribution is 2.63. The number of carbonyl (C=O) groups is 4. The van der Waals surface area contributed by atoms with Crippen molar-refractivity contribution in [3.63, 3.8) is 0 Å². The van der Waals surface area contributed by atoms with Gasteiger partial charge in [0.15, 0.2) is 5.60 Å². The molecular weight excluding hydrogens is 508 g/mol. The SMILES string of the molecule is CC(=O)OC12COC1CC(O)C1(C)C(=O)C(=O)C3=C(C)C(O)CC(O)(C(OC(=O)c4ccccc4)C21)C3(C)C. The van der Waals surface area contributed by atoms with Crippen LogP contribution < -0.4 is 0 Å². The van der Waals surface area contributed by atoms with Crippen molar-refractivity contribution < 1.29 is 48.7 Å². The third-order valence-electron chi connectivity index (χ3n) is 9.74. The highest BCUT2D eigenvalue weighted by molar-refractivity contribution is 6.46. The molecular formula is C29H34O10. The van der Waals surface area contributed by atoms with Crippen molar-refractivity contribution in [3.05, 3.63) is 47.0 Å². The molecule has 1 aliphatic heterocycles. The van der Waals surface area contributed by atoms with Crippen LogP contribution in [-0.2, 0) is 28.6 Å². The van der Waals surface area contributed by atoms with Gasteiger partial charge in [0.05, 0.1) is 35.7 Å². The molecule has 210 valence electrons. The fourth-order valence-electron chi connectivity index (χ4n) is 7.45. The topological polar surface area (TPSA) is 157 Å². The van der Waals surface area contributed by atoms with Gasteiger partial charge in [-0.15, -0.1) is 0 Å². The lowest BCUT2D eigenvalue weighted by molar-refractivity contribution is -0.343. The van der Waals surface area contributed by atoms with Gasteiger partial charge in [0.2, 0.25) is 11.6 Å². The zero-order chi connectivity index (χ0) is 28.7. The van der Waals surface area contributed by atoms with E-state index in [0.29, 0.717) is 0 Å². The molecule has 10 heteroatoms. The molecule has 2 saturated carbocycles. The van der Waals surface area contributed by atoms with E-state index in [1.165, 1.54) is 32.9 Å². The summed E-state index contributed by atoms with van der Waals surface area (Å²) in [5, 5.41) is 35.1. The van der Waals surface area contributed by atoms with Gasteiger partial charge in [-0.25, -0.2) is 4.79 Å². The van der Waals surface area contributed by atoms with Gasteiger partial charge in [-0.05, 0) is 31.6 Å². The second-order valence-corrected chi connectivity index (χ2v) is 12.0. The van der Waals surface area contributed by atoms with E-state index in [1.807, 2.05) is 0 Å². The summed E-state index contributed by atoms with van der Waals surface area (Å²) >= 11 is 0. The predicted octanol–water partition coefficient (Wildman–Crippen LogP) is 1.29. The Morgan fingerprint density at radius 2 is 1.72 bits per heavy atom. The van der Waals surface area contributed by atoms with Crippen molar-refractivity contribution in [3.8, 4) is 0 Å². The van der Waals surface area contributed by atoms with Gasteiger partial charge in [-0.2, -0.15) is 0 Å². The van der Waals surface area contributed by atoms with E-state index in [0.717, 1.165) is 0 Å². The number of benzene rings is 1. The third-order valence-corrected chi connectivity index (χ3v) is 9.74. The summed E-state index contributed by atoms with van der Waals surface area (Å²) in [4.78, 5) is 54.1. The third kappa shape index (κ3) is 3.54. The van der Waals surface area contributed by atoms with E-state index in [-0.39, 0.29) is 36.2 Å². The average molecular weight is 543 g/mol. The van der Waals surface area contributed by atoms with Crippen LogP contribution in [0.25, 0.3) is 0 Å². The molecule has 0 radical (unpaired) electrons. The molecule has 0 aromatic heterocycles. The largest absolute Gasteiger partial charge is 0.455 e. The number of carbonyl (C=O) groups excluding carboxylic acids is 4. The van der Waals surface area contributed by atoms with Gasteiger partial charge in [0.1, 0.15) is 17.8 Å². The van der Waals surface area contributed by atoms with Gasteiger partial charge in [-0.1, -0.05) is 32.0 Å². The van der Waals surface area contributed by atoms with E-state index < -0.39 is 75.9 Å². The highest BCUT2D eigenvalue weighted by Gasteiger charge is 2.78. The van der Waals surface area contributed by atoms with Gasteiger partial charge in [0, 0.05) is 30.8 Å². The van der Waals surface area contributed by atoms with Crippen LogP contribution in [0.2, 0.25) is 0 Å². The first-order valence-electron chi connectivity index (χ1n) is 13.1. The van der Waals surface area contributed by atoms with Crippen LogP contribution in [0.4, 0.5) is 0 Å². The molecule has 5 rings (SSSR count).